The normalized spacial score (nSPS) is 13.1. The van der Waals surface area contributed by atoms with Crippen molar-refractivity contribution >= 4 is 22.7 Å². The molecule has 3 rings (SSSR count). The number of fused-ring (bicyclic) bond motifs is 1. The van der Waals surface area contributed by atoms with E-state index in [9.17, 15) is 14.7 Å². The summed E-state index contributed by atoms with van der Waals surface area (Å²) in [6.45, 7) is 0. The molecule has 0 radical (unpaired) electrons. The summed E-state index contributed by atoms with van der Waals surface area (Å²) in [5, 5.41) is 12.0. The molecule has 0 amide bonds. The number of carboxylic acid groups (broad SMARTS) is 1. The highest BCUT2D eigenvalue weighted by molar-refractivity contribution is 5.86. The van der Waals surface area contributed by atoms with Crippen LogP contribution in [0, 0.1) is 0 Å². The summed E-state index contributed by atoms with van der Waals surface area (Å²) in [6.07, 6.45) is 0.00427. The molecule has 0 spiro atoms. The van der Waals surface area contributed by atoms with Crippen LogP contribution in [0.25, 0.3) is 10.8 Å². The number of carbonyl (C=O) groups is 2. The quantitative estimate of drug-likeness (QED) is 0.673. The fourth-order valence-corrected chi connectivity index (χ4v) is 3.34. The second-order valence-electron chi connectivity index (χ2n) is 6.22. The second-order valence-corrected chi connectivity index (χ2v) is 6.22. The van der Waals surface area contributed by atoms with Gasteiger partial charge in [0.2, 0.25) is 0 Å². The van der Waals surface area contributed by atoms with Crippen molar-refractivity contribution in [2.75, 3.05) is 7.11 Å². The highest BCUT2D eigenvalue weighted by atomic mass is 16.5. The lowest BCUT2D eigenvalue weighted by Gasteiger charge is -2.24. The van der Waals surface area contributed by atoms with E-state index in [4.69, 9.17) is 4.74 Å². The number of rotatable bonds is 6. The number of ether oxygens (including phenoxy) is 1. The minimum Gasteiger partial charge on any atom is -0.481 e. The molecule has 0 saturated carbocycles. The van der Waals surface area contributed by atoms with E-state index in [0.29, 0.717) is 5.56 Å². The first-order chi connectivity index (χ1) is 12.6. The van der Waals surface area contributed by atoms with Crippen LogP contribution in [-0.2, 0) is 14.3 Å². The Morgan fingerprint density at radius 2 is 1.54 bits per heavy atom. The first kappa shape index (κ1) is 17.7. The van der Waals surface area contributed by atoms with Crippen molar-refractivity contribution in [3.63, 3.8) is 0 Å². The SMILES string of the molecule is COC(=O)C[C@@H](c1ccccc1)[C@H](C(=O)O)c1ccc2ccccc2c1. The monoisotopic (exact) mass is 348 g/mol. The van der Waals surface area contributed by atoms with Crippen LogP contribution >= 0.6 is 0 Å². The number of hydrogen-bond donors (Lipinski definition) is 1. The maximum atomic E-state index is 12.2. The lowest BCUT2D eigenvalue weighted by Crippen LogP contribution is -2.23. The molecule has 0 saturated heterocycles. The molecular weight excluding hydrogens is 328 g/mol. The maximum absolute atomic E-state index is 12.2. The van der Waals surface area contributed by atoms with Crippen LogP contribution in [0.4, 0.5) is 0 Å². The number of carboxylic acids is 1. The molecule has 0 aliphatic carbocycles. The van der Waals surface area contributed by atoms with E-state index in [1.807, 2.05) is 72.8 Å². The molecule has 4 heteroatoms. The van der Waals surface area contributed by atoms with E-state index in [1.165, 1.54) is 7.11 Å². The molecule has 26 heavy (non-hydrogen) atoms. The third-order valence-corrected chi connectivity index (χ3v) is 4.64. The number of esters is 1. The van der Waals surface area contributed by atoms with Crippen LogP contribution in [0.5, 0.6) is 0 Å². The summed E-state index contributed by atoms with van der Waals surface area (Å²) in [5.41, 5.74) is 1.48. The molecule has 3 aromatic rings. The van der Waals surface area contributed by atoms with Crippen molar-refractivity contribution in [3.05, 3.63) is 83.9 Å². The molecule has 0 bridgehead atoms. The number of carbonyl (C=O) groups excluding carboxylic acids is 1. The van der Waals surface area contributed by atoms with Gasteiger partial charge in [-0.15, -0.1) is 0 Å². The lowest BCUT2D eigenvalue weighted by molar-refractivity contribution is -0.142. The van der Waals surface area contributed by atoms with Gasteiger partial charge in [-0.25, -0.2) is 0 Å². The van der Waals surface area contributed by atoms with Gasteiger partial charge < -0.3 is 9.84 Å². The first-order valence-electron chi connectivity index (χ1n) is 8.43. The predicted octanol–water partition coefficient (Wildman–Crippen LogP) is 4.35. The van der Waals surface area contributed by atoms with Crippen molar-refractivity contribution in [2.24, 2.45) is 0 Å². The van der Waals surface area contributed by atoms with Crippen LogP contribution in [0.2, 0.25) is 0 Å². The zero-order chi connectivity index (χ0) is 18.5. The number of aliphatic carboxylic acids is 1. The van der Waals surface area contributed by atoms with Gasteiger partial charge in [0.1, 0.15) is 0 Å². The Hall–Kier alpha value is -3.14. The molecule has 3 aromatic carbocycles. The van der Waals surface area contributed by atoms with Gasteiger partial charge >= 0.3 is 11.9 Å². The van der Waals surface area contributed by atoms with Crippen LogP contribution in [0.3, 0.4) is 0 Å². The lowest BCUT2D eigenvalue weighted by atomic mass is 9.79. The third-order valence-electron chi connectivity index (χ3n) is 4.64. The van der Waals surface area contributed by atoms with Gasteiger partial charge in [-0.3, -0.25) is 9.59 Å². The van der Waals surface area contributed by atoms with E-state index in [0.717, 1.165) is 16.3 Å². The predicted molar refractivity (Wildman–Crippen MR) is 100 cm³/mol. The summed E-state index contributed by atoms with van der Waals surface area (Å²) in [6, 6.07) is 22.7. The Bertz CT molecular complexity index is 918. The molecular formula is C22H20O4. The van der Waals surface area contributed by atoms with Gasteiger partial charge in [0.05, 0.1) is 19.4 Å². The first-order valence-corrected chi connectivity index (χ1v) is 8.43. The Balaban J connectivity index is 2.09. The van der Waals surface area contributed by atoms with Gasteiger partial charge in [0.15, 0.2) is 0 Å². The summed E-state index contributed by atoms with van der Waals surface area (Å²) in [4.78, 5) is 24.1. The molecule has 132 valence electrons. The summed E-state index contributed by atoms with van der Waals surface area (Å²) in [5.74, 6) is -2.74. The second kappa shape index (κ2) is 7.83. The van der Waals surface area contributed by atoms with E-state index in [1.54, 1.807) is 0 Å². The summed E-state index contributed by atoms with van der Waals surface area (Å²) < 4.78 is 4.81. The average Bonchev–Trinajstić information content (AvgIpc) is 2.67. The van der Waals surface area contributed by atoms with Crippen molar-refractivity contribution < 1.29 is 19.4 Å². The van der Waals surface area contributed by atoms with E-state index < -0.39 is 23.8 Å². The van der Waals surface area contributed by atoms with Crippen LogP contribution < -0.4 is 0 Å². The highest BCUT2D eigenvalue weighted by Crippen LogP contribution is 2.37. The fraction of sp³-hybridized carbons (Fsp3) is 0.182. The minimum absolute atomic E-state index is 0.00427. The molecule has 0 aromatic heterocycles. The zero-order valence-electron chi connectivity index (χ0n) is 14.5. The maximum Gasteiger partial charge on any atom is 0.311 e. The number of methoxy groups -OCH3 is 1. The van der Waals surface area contributed by atoms with Gasteiger partial charge in [-0.2, -0.15) is 0 Å². The number of hydrogen-bond acceptors (Lipinski definition) is 3. The average molecular weight is 348 g/mol. The molecule has 2 atom stereocenters. The van der Waals surface area contributed by atoms with Crippen LogP contribution in [-0.4, -0.2) is 24.2 Å². The minimum atomic E-state index is -0.960. The zero-order valence-corrected chi connectivity index (χ0v) is 14.5. The molecule has 0 heterocycles. The summed E-state index contributed by atoms with van der Waals surface area (Å²) in [7, 11) is 1.32. The van der Waals surface area contributed by atoms with Crippen molar-refractivity contribution in [1.82, 2.24) is 0 Å². The molecule has 0 aliphatic rings. The van der Waals surface area contributed by atoms with Gasteiger partial charge in [0.25, 0.3) is 0 Å². The van der Waals surface area contributed by atoms with E-state index in [2.05, 4.69) is 0 Å². The standard InChI is InChI=1S/C22H20O4/c1-26-20(23)14-19(16-8-3-2-4-9-16)21(22(24)25)18-12-11-15-7-5-6-10-17(15)13-18/h2-13,19,21H,14H2,1H3,(H,24,25)/t19-,21+/m0/s1. The molecule has 1 N–H and O–H groups in total. The Morgan fingerprint density at radius 1 is 0.885 bits per heavy atom. The Kier molecular flexibility index (Phi) is 5.32. The van der Waals surface area contributed by atoms with Crippen molar-refractivity contribution in [3.8, 4) is 0 Å². The molecule has 0 aliphatic heterocycles. The van der Waals surface area contributed by atoms with E-state index in [-0.39, 0.29) is 6.42 Å². The molecule has 4 nitrogen and oxygen atoms in total. The van der Waals surface area contributed by atoms with Gasteiger partial charge in [-0.1, -0.05) is 72.8 Å². The van der Waals surface area contributed by atoms with Gasteiger partial charge in [-0.05, 0) is 21.9 Å². The number of benzene rings is 3. The fourth-order valence-electron chi connectivity index (χ4n) is 3.34. The van der Waals surface area contributed by atoms with Gasteiger partial charge in [0, 0.05) is 5.92 Å². The third kappa shape index (κ3) is 3.75. The largest absolute Gasteiger partial charge is 0.481 e. The topological polar surface area (TPSA) is 63.6 Å². The van der Waals surface area contributed by atoms with Crippen LogP contribution in [0.1, 0.15) is 29.4 Å². The van der Waals surface area contributed by atoms with E-state index >= 15 is 0 Å². The Morgan fingerprint density at radius 3 is 2.19 bits per heavy atom. The smallest absolute Gasteiger partial charge is 0.311 e. The van der Waals surface area contributed by atoms with Crippen molar-refractivity contribution in [2.45, 2.75) is 18.3 Å². The molecule has 0 unspecified atom stereocenters. The van der Waals surface area contributed by atoms with Crippen molar-refractivity contribution in [1.29, 1.82) is 0 Å². The Labute approximate surface area is 152 Å². The highest BCUT2D eigenvalue weighted by Gasteiger charge is 2.33. The summed E-state index contributed by atoms with van der Waals surface area (Å²) >= 11 is 0. The molecule has 0 fully saturated rings. The van der Waals surface area contributed by atoms with Crippen LogP contribution in [0.15, 0.2) is 72.8 Å².